The van der Waals surface area contributed by atoms with Crippen LogP contribution in [-0.4, -0.2) is 216 Å². The van der Waals surface area contributed by atoms with Gasteiger partial charge in [0.15, 0.2) is 0 Å². The van der Waals surface area contributed by atoms with Gasteiger partial charge >= 0.3 is 6.09 Å². The lowest BCUT2D eigenvalue weighted by atomic mass is 9.89. The number of fused-ring (bicyclic) bond motifs is 1. The summed E-state index contributed by atoms with van der Waals surface area (Å²) < 4.78 is 20.8. The third kappa shape index (κ3) is 19.5. The van der Waals surface area contributed by atoms with Gasteiger partial charge in [0.05, 0.1) is 25.6 Å². The van der Waals surface area contributed by atoms with E-state index in [2.05, 4.69) is 27.8 Å². The normalized spacial score (nSPS) is 18.6. The molecular formula is C67H100BFN10O8. The molecule has 2 radical (unpaired) electrons. The number of piperidine rings is 2. The monoisotopic (exact) mass is 1200 g/mol. The van der Waals surface area contributed by atoms with Crippen LogP contribution in [0.15, 0.2) is 47.3 Å². The Hall–Kier alpha value is -6.41. The molecule has 1 atom stereocenters. The maximum atomic E-state index is 15.2. The first-order chi connectivity index (χ1) is 42.0. The highest BCUT2D eigenvalue weighted by atomic mass is 19.1. The van der Waals surface area contributed by atoms with Gasteiger partial charge in [-0.3, -0.25) is 43.5 Å². The van der Waals surface area contributed by atoms with E-state index < -0.39 is 23.4 Å². The molecule has 3 aromatic rings. The highest BCUT2D eigenvalue weighted by molar-refractivity contribution is 6.05. The second-order valence-electron chi connectivity index (χ2n) is 24.3. The van der Waals surface area contributed by atoms with Gasteiger partial charge in [0.25, 0.3) is 17.4 Å². The smallest absolute Gasteiger partial charge is 0.410 e. The van der Waals surface area contributed by atoms with Crippen LogP contribution in [0.4, 0.5) is 9.18 Å². The summed E-state index contributed by atoms with van der Waals surface area (Å²) in [6, 6.07) is 12.3. The third-order valence-corrected chi connectivity index (χ3v) is 17.3. The van der Waals surface area contributed by atoms with Crippen molar-refractivity contribution in [3.63, 3.8) is 0 Å². The van der Waals surface area contributed by atoms with Gasteiger partial charge in [-0.05, 0) is 133 Å². The van der Waals surface area contributed by atoms with Crippen molar-refractivity contribution in [1.29, 1.82) is 0 Å². The maximum Gasteiger partial charge on any atom is 0.410 e. The number of aromatic amines is 1. The van der Waals surface area contributed by atoms with Crippen molar-refractivity contribution in [2.45, 2.75) is 163 Å². The Morgan fingerprint density at radius 1 is 0.701 bits per heavy atom. The number of carbonyl (C=O) groups is 6. The molecule has 0 bridgehead atoms. The number of nitrogens with one attached hydrogen (secondary N) is 1. The molecule has 6 aliphatic rings. The third-order valence-electron chi connectivity index (χ3n) is 17.3. The summed E-state index contributed by atoms with van der Waals surface area (Å²) in [7, 11) is 4.50. The molecule has 4 aliphatic heterocycles. The molecule has 18 nitrogen and oxygen atoms in total. The topological polar surface area (TPSA) is 183 Å². The van der Waals surface area contributed by atoms with Gasteiger partial charge in [0, 0.05) is 113 Å². The van der Waals surface area contributed by atoms with E-state index in [1.165, 1.54) is 17.8 Å². The Bertz CT molecular complexity index is 2940. The van der Waals surface area contributed by atoms with Gasteiger partial charge in [-0.1, -0.05) is 91.1 Å². The zero-order valence-electron chi connectivity index (χ0n) is 53.9. The minimum atomic E-state index is -0.665. The summed E-state index contributed by atoms with van der Waals surface area (Å²) in [6.45, 7) is 25.5. The summed E-state index contributed by atoms with van der Waals surface area (Å²) in [5.41, 5.74) is 2.03. The number of aromatic nitrogens is 2. The van der Waals surface area contributed by atoms with Crippen molar-refractivity contribution in [2.24, 2.45) is 5.92 Å². The molecule has 87 heavy (non-hydrogen) atoms. The number of rotatable bonds is 16. The lowest BCUT2D eigenvalue weighted by molar-refractivity contribution is -0.135. The Kier molecular flexibility index (Phi) is 27.5. The fourth-order valence-corrected chi connectivity index (χ4v) is 12.7. The molecule has 476 valence electrons. The van der Waals surface area contributed by atoms with Crippen LogP contribution in [0.1, 0.15) is 176 Å². The predicted molar refractivity (Wildman–Crippen MR) is 341 cm³/mol. The molecule has 0 spiro atoms. The molecule has 1 unspecified atom stereocenters. The molecule has 6 amide bonds. The summed E-state index contributed by atoms with van der Waals surface area (Å²) in [4.78, 5) is 110. The fraction of sp³-hybridized carbons (Fsp3) is 0.642. The van der Waals surface area contributed by atoms with Gasteiger partial charge in [-0.25, -0.2) is 14.3 Å². The van der Waals surface area contributed by atoms with Crippen molar-refractivity contribution in [1.82, 2.24) is 49.4 Å². The first kappa shape index (κ1) is 69.7. The number of piperazine rings is 2. The van der Waals surface area contributed by atoms with Crippen LogP contribution >= 0.6 is 0 Å². The average Bonchev–Trinajstić information content (AvgIpc) is 3.02. The van der Waals surface area contributed by atoms with E-state index >= 15 is 4.39 Å². The van der Waals surface area contributed by atoms with Crippen LogP contribution in [-0.2, 0) is 25.5 Å². The van der Waals surface area contributed by atoms with Crippen LogP contribution in [0.3, 0.4) is 0 Å². The lowest BCUT2D eigenvalue weighted by Gasteiger charge is -2.40. The summed E-state index contributed by atoms with van der Waals surface area (Å²) in [5, 5.41) is 8.23. The molecule has 20 heteroatoms. The highest BCUT2D eigenvalue weighted by Crippen LogP contribution is 2.30. The second kappa shape index (κ2) is 34.4. The zero-order chi connectivity index (χ0) is 63.2. The van der Waals surface area contributed by atoms with Gasteiger partial charge in [0.1, 0.15) is 24.5 Å². The number of benzene rings is 2. The SMILES string of the molecule is CC.CC.CCCN(CC(=O)N1CCCC(c2cccc(C(=O)N(CC(=O)N3CCN(CC4CCN(CC(=O)N5CCN(C(=O)c6cc(Cc7n[nH]c(=O)c8c7=CCCC=8)ccc6F)CC5)CC4)CC3)C3CCCCC3)c2)C1)C(=O)OC(C)(C)C.[B]C. The Morgan fingerprint density at radius 3 is 2.00 bits per heavy atom. The van der Waals surface area contributed by atoms with E-state index in [0.717, 1.165) is 114 Å². The van der Waals surface area contributed by atoms with Crippen LogP contribution < -0.4 is 16.0 Å². The standard InChI is InChI=1S/C62H85FN10O8.2C2H6.CH3B/c1-5-24-72(61(80)81-62(2,3)4)42-56(75)71-25-12-15-48(40-71)46-13-11-14-47(38-46)59(78)73(49-16-7-6-8-17-49)43-57(76)68-30-28-67(29-31-68)39-44-22-26-66(27-23-44)41-55(74)69-32-34-70(35-33-69)60(79)52-36-45(20-21-53(52)63)37-54-50-18-9-10-19-51(50)58(77)65-64-54;3*1-2/h11,13-14,18-21,36,38,44,48-49H,5-10,12,15-17,22-35,37,39-43H2,1-4H3,(H,65,77);2*1-2H3;1H3. The number of carbonyl (C=O) groups excluding carboxylic acids is 6. The quantitative estimate of drug-likeness (QED) is 0.145. The molecule has 1 N–H and O–H groups in total. The van der Waals surface area contributed by atoms with Crippen molar-refractivity contribution in [3.8, 4) is 0 Å². The predicted octanol–water partition coefficient (Wildman–Crippen LogP) is 7.08. The molecule has 2 aliphatic carbocycles. The van der Waals surface area contributed by atoms with Gasteiger partial charge in [-0.2, -0.15) is 5.10 Å². The number of hydrogen-bond acceptors (Lipinski definition) is 11. The van der Waals surface area contributed by atoms with Crippen molar-refractivity contribution < 1.29 is 37.9 Å². The number of halogens is 1. The molecular weight excluding hydrogens is 1100 g/mol. The van der Waals surface area contributed by atoms with E-state index in [1.54, 1.807) is 21.9 Å². The molecule has 1 saturated carbocycles. The van der Waals surface area contributed by atoms with E-state index in [1.807, 2.05) is 107 Å². The molecule has 4 saturated heterocycles. The van der Waals surface area contributed by atoms with E-state index in [9.17, 15) is 33.6 Å². The van der Waals surface area contributed by atoms with Crippen LogP contribution in [0.25, 0.3) is 12.2 Å². The van der Waals surface area contributed by atoms with Gasteiger partial charge < -0.3 is 29.2 Å². The van der Waals surface area contributed by atoms with E-state index in [-0.39, 0.29) is 59.8 Å². The van der Waals surface area contributed by atoms with Crippen molar-refractivity contribution in [2.75, 3.05) is 111 Å². The summed E-state index contributed by atoms with van der Waals surface area (Å²) >= 11 is 0. The molecule has 2 aromatic carbocycles. The largest absolute Gasteiger partial charge is 0.444 e. The molecule has 5 heterocycles. The van der Waals surface area contributed by atoms with Crippen LogP contribution in [0.5, 0.6) is 0 Å². The number of ether oxygens (including phenoxy) is 1. The Balaban J connectivity index is 0.00000195. The molecule has 9 rings (SSSR count). The number of likely N-dealkylation sites (tertiary alicyclic amines) is 2. The van der Waals surface area contributed by atoms with Crippen molar-refractivity contribution in [3.05, 3.63) is 97.0 Å². The molecule has 1 aromatic heterocycles. The van der Waals surface area contributed by atoms with Crippen LogP contribution in [0.2, 0.25) is 6.82 Å². The lowest BCUT2D eigenvalue weighted by Crippen LogP contribution is -2.54. The Morgan fingerprint density at radius 2 is 1.33 bits per heavy atom. The van der Waals surface area contributed by atoms with Gasteiger partial charge in [-0.15, -0.1) is 0 Å². The maximum absolute atomic E-state index is 15.2. The first-order valence-corrected chi connectivity index (χ1v) is 32.6. The van der Waals surface area contributed by atoms with E-state index in [0.29, 0.717) is 106 Å². The zero-order valence-corrected chi connectivity index (χ0v) is 53.9. The van der Waals surface area contributed by atoms with Crippen molar-refractivity contribution >= 4 is 55.6 Å². The number of amides is 6. The molecule has 5 fully saturated rings. The highest BCUT2D eigenvalue weighted by Gasteiger charge is 2.35. The fourth-order valence-electron chi connectivity index (χ4n) is 12.7. The van der Waals surface area contributed by atoms with Crippen LogP contribution in [0, 0.1) is 11.7 Å². The number of hydrogen-bond donors (Lipinski definition) is 1. The van der Waals surface area contributed by atoms with Gasteiger partial charge in [0.2, 0.25) is 17.7 Å². The number of H-pyrrole nitrogens is 1. The first-order valence-electron chi connectivity index (χ1n) is 32.6. The van der Waals surface area contributed by atoms with E-state index in [4.69, 9.17) is 4.74 Å². The Labute approximate surface area is 518 Å². The second-order valence-corrected chi connectivity index (χ2v) is 24.3. The summed E-state index contributed by atoms with van der Waals surface area (Å²) in [6.07, 6.45) is 14.6. The minimum Gasteiger partial charge on any atom is -0.444 e. The summed E-state index contributed by atoms with van der Waals surface area (Å²) in [5.74, 6) is -0.715. The average molecular weight is 1200 g/mol. The minimum absolute atomic E-state index is 0.00706. The number of nitrogens with zero attached hydrogens (tertiary/aromatic N) is 9.